The maximum atomic E-state index is 12.8. The Morgan fingerprint density at radius 1 is 1.35 bits per heavy atom. The Kier molecular flexibility index (Phi) is 3.14. The molecular formula is C12H11F3OS. The average molecular weight is 260 g/mol. The second-order valence-corrected chi connectivity index (χ2v) is 4.83. The fourth-order valence-electron chi connectivity index (χ4n) is 1.78. The molecule has 17 heavy (non-hydrogen) atoms. The molecule has 1 unspecified atom stereocenters. The molecule has 1 aromatic carbocycles. The molecule has 0 aliphatic carbocycles. The zero-order valence-electron chi connectivity index (χ0n) is 9.08. The van der Waals surface area contributed by atoms with Crippen LogP contribution in [0, 0.1) is 0 Å². The van der Waals surface area contributed by atoms with E-state index in [0.29, 0.717) is 5.39 Å². The summed E-state index contributed by atoms with van der Waals surface area (Å²) in [5.41, 5.74) is 0.176. The monoisotopic (exact) mass is 260 g/mol. The molecule has 1 nitrogen and oxygen atoms in total. The minimum atomic E-state index is -4.33. The van der Waals surface area contributed by atoms with Crippen molar-refractivity contribution < 1.29 is 18.3 Å². The lowest BCUT2D eigenvalue weighted by Crippen LogP contribution is -2.04. The van der Waals surface area contributed by atoms with Gasteiger partial charge >= 0.3 is 6.18 Å². The lowest BCUT2D eigenvalue weighted by molar-refractivity contribution is -0.136. The Morgan fingerprint density at radius 2 is 2.06 bits per heavy atom. The van der Waals surface area contributed by atoms with Crippen molar-refractivity contribution in [1.29, 1.82) is 0 Å². The summed E-state index contributed by atoms with van der Waals surface area (Å²) >= 11 is 1.08. The zero-order valence-corrected chi connectivity index (χ0v) is 9.90. The zero-order chi connectivity index (χ0) is 12.6. The summed E-state index contributed by atoms with van der Waals surface area (Å²) in [6.45, 7) is 1.73. The summed E-state index contributed by atoms with van der Waals surface area (Å²) in [7, 11) is 0. The number of halogens is 3. The molecule has 5 heteroatoms. The minimum Gasteiger partial charge on any atom is -0.396 e. The van der Waals surface area contributed by atoms with Crippen LogP contribution in [0.5, 0.6) is 0 Å². The van der Waals surface area contributed by atoms with Gasteiger partial charge in [0.1, 0.15) is 0 Å². The van der Waals surface area contributed by atoms with E-state index in [2.05, 4.69) is 0 Å². The van der Waals surface area contributed by atoms with Crippen molar-refractivity contribution in [2.24, 2.45) is 0 Å². The lowest BCUT2D eigenvalue weighted by Gasteiger charge is -2.09. The fraction of sp³-hybridized carbons (Fsp3) is 0.333. The number of aliphatic hydroxyl groups is 1. The number of aliphatic hydroxyl groups excluding tert-OH is 1. The number of rotatable bonds is 2. The third-order valence-electron chi connectivity index (χ3n) is 2.74. The van der Waals surface area contributed by atoms with E-state index >= 15 is 0 Å². The van der Waals surface area contributed by atoms with Crippen molar-refractivity contribution >= 4 is 21.4 Å². The summed E-state index contributed by atoms with van der Waals surface area (Å²) in [6, 6.07) is 4.17. The van der Waals surface area contributed by atoms with Gasteiger partial charge in [-0.15, -0.1) is 11.3 Å². The van der Waals surface area contributed by atoms with Gasteiger partial charge in [-0.3, -0.25) is 0 Å². The molecule has 1 aromatic heterocycles. The normalized spacial score (nSPS) is 14.2. The van der Waals surface area contributed by atoms with Crippen LogP contribution in [0.2, 0.25) is 0 Å². The number of thiophene rings is 1. The van der Waals surface area contributed by atoms with Crippen molar-refractivity contribution in [3.63, 3.8) is 0 Å². The Balaban J connectivity index is 2.65. The molecule has 92 valence electrons. The molecule has 0 radical (unpaired) electrons. The molecule has 0 aliphatic rings. The van der Waals surface area contributed by atoms with Crippen LogP contribution in [0.1, 0.15) is 24.0 Å². The summed E-state index contributed by atoms with van der Waals surface area (Å²) in [4.78, 5) is 0. The van der Waals surface area contributed by atoms with Gasteiger partial charge in [0.2, 0.25) is 0 Å². The number of benzene rings is 1. The van der Waals surface area contributed by atoms with Crippen LogP contribution in [-0.2, 0) is 6.18 Å². The highest BCUT2D eigenvalue weighted by Crippen LogP contribution is 2.40. The first-order valence-corrected chi connectivity index (χ1v) is 6.01. The van der Waals surface area contributed by atoms with Crippen LogP contribution < -0.4 is 0 Å². The summed E-state index contributed by atoms with van der Waals surface area (Å²) in [5, 5.41) is 11.4. The van der Waals surface area contributed by atoms with Gasteiger partial charge in [-0.25, -0.2) is 0 Å². The maximum Gasteiger partial charge on any atom is 0.417 e. The number of hydrogen-bond donors (Lipinski definition) is 1. The second-order valence-electron chi connectivity index (χ2n) is 3.95. The topological polar surface area (TPSA) is 20.2 Å². The Morgan fingerprint density at radius 3 is 2.65 bits per heavy atom. The van der Waals surface area contributed by atoms with Gasteiger partial charge in [0.05, 0.1) is 5.56 Å². The maximum absolute atomic E-state index is 12.8. The van der Waals surface area contributed by atoms with Crippen molar-refractivity contribution in [3.05, 3.63) is 34.7 Å². The Labute approximate surface area is 101 Å². The van der Waals surface area contributed by atoms with E-state index in [0.717, 1.165) is 23.0 Å². The van der Waals surface area contributed by atoms with Gasteiger partial charge in [-0.1, -0.05) is 19.1 Å². The van der Waals surface area contributed by atoms with E-state index in [4.69, 9.17) is 5.11 Å². The highest BCUT2D eigenvalue weighted by atomic mass is 32.1. The van der Waals surface area contributed by atoms with Crippen LogP contribution >= 0.6 is 11.3 Å². The summed E-state index contributed by atoms with van der Waals surface area (Å²) in [5.74, 6) is -0.146. The van der Waals surface area contributed by atoms with E-state index in [1.165, 1.54) is 6.07 Å². The van der Waals surface area contributed by atoms with Gasteiger partial charge in [0.15, 0.2) is 0 Å². The molecule has 0 amide bonds. The van der Waals surface area contributed by atoms with Gasteiger partial charge in [-0.2, -0.15) is 13.2 Å². The number of hydrogen-bond acceptors (Lipinski definition) is 2. The predicted octanol–water partition coefficient (Wildman–Crippen LogP) is 4.02. The molecule has 0 aliphatic heterocycles. The van der Waals surface area contributed by atoms with Gasteiger partial charge in [-0.05, 0) is 22.4 Å². The van der Waals surface area contributed by atoms with Crippen LogP contribution in [0.4, 0.5) is 13.2 Å². The van der Waals surface area contributed by atoms with Crippen molar-refractivity contribution in [3.8, 4) is 0 Å². The largest absolute Gasteiger partial charge is 0.417 e. The Bertz CT molecular complexity index is 530. The molecule has 1 heterocycles. The fourth-order valence-corrected chi connectivity index (χ4v) is 3.01. The van der Waals surface area contributed by atoms with Gasteiger partial charge in [0, 0.05) is 17.2 Å². The first kappa shape index (κ1) is 12.4. The van der Waals surface area contributed by atoms with Crippen LogP contribution in [0.25, 0.3) is 10.1 Å². The van der Waals surface area contributed by atoms with E-state index in [-0.39, 0.29) is 17.2 Å². The van der Waals surface area contributed by atoms with Crippen molar-refractivity contribution in [2.45, 2.75) is 19.0 Å². The summed E-state index contributed by atoms with van der Waals surface area (Å²) in [6.07, 6.45) is -4.33. The highest BCUT2D eigenvalue weighted by molar-refractivity contribution is 7.17. The van der Waals surface area contributed by atoms with Crippen LogP contribution in [-0.4, -0.2) is 11.7 Å². The lowest BCUT2D eigenvalue weighted by atomic mass is 10.00. The molecule has 1 N–H and O–H groups in total. The number of fused-ring (bicyclic) bond motifs is 1. The van der Waals surface area contributed by atoms with E-state index in [1.54, 1.807) is 18.4 Å². The molecule has 0 spiro atoms. The van der Waals surface area contributed by atoms with Crippen LogP contribution in [0.15, 0.2) is 23.6 Å². The molecule has 0 saturated carbocycles. The number of alkyl halides is 3. The third-order valence-corrected chi connectivity index (χ3v) is 3.79. The molecule has 2 aromatic rings. The molecule has 0 fully saturated rings. The highest BCUT2D eigenvalue weighted by Gasteiger charge is 2.33. The summed E-state index contributed by atoms with van der Waals surface area (Å²) < 4.78 is 38.5. The van der Waals surface area contributed by atoms with E-state index in [1.807, 2.05) is 0 Å². The quantitative estimate of drug-likeness (QED) is 0.864. The first-order valence-electron chi connectivity index (χ1n) is 5.13. The molecule has 0 bridgehead atoms. The van der Waals surface area contributed by atoms with Gasteiger partial charge < -0.3 is 5.11 Å². The molecule has 0 saturated heterocycles. The van der Waals surface area contributed by atoms with Crippen molar-refractivity contribution in [2.75, 3.05) is 6.61 Å². The molecule has 1 atom stereocenters. The van der Waals surface area contributed by atoms with Crippen LogP contribution in [0.3, 0.4) is 0 Å². The van der Waals surface area contributed by atoms with Gasteiger partial charge in [0.25, 0.3) is 0 Å². The SMILES string of the molecule is CC(CO)c1csc2c(C(F)(F)F)cccc12. The molecule has 2 rings (SSSR count). The van der Waals surface area contributed by atoms with E-state index < -0.39 is 11.7 Å². The minimum absolute atomic E-state index is 0.0674. The standard InChI is InChI=1S/C12H11F3OS/c1-7(5-16)9-6-17-11-8(9)3-2-4-10(11)12(13,14)15/h2-4,6-7,16H,5H2,1H3. The average Bonchev–Trinajstić information content (AvgIpc) is 2.69. The predicted molar refractivity (Wildman–Crippen MR) is 62.3 cm³/mol. The Hall–Kier alpha value is -1.07. The second kappa shape index (κ2) is 4.31. The smallest absolute Gasteiger partial charge is 0.396 e. The molecular weight excluding hydrogens is 249 g/mol. The first-order chi connectivity index (χ1) is 7.95. The third kappa shape index (κ3) is 2.17. The van der Waals surface area contributed by atoms with E-state index in [9.17, 15) is 13.2 Å². The van der Waals surface area contributed by atoms with Crippen molar-refractivity contribution in [1.82, 2.24) is 0 Å².